The molecule has 1 heterocycles. The molecule has 2 aromatic carbocycles. The van der Waals surface area contributed by atoms with Gasteiger partial charge in [0.1, 0.15) is 10.6 Å². The molecule has 3 rings (SSSR count). The van der Waals surface area contributed by atoms with Crippen molar-refractivity contribution in [3.05, 3.63) is 70.4 Å². The number of nitro groups is 1. The number of hydrogen-bond donors (Lipinski definition) is 0. The van der Waals surface area contributed by atoms with Crippen LogP contribution in [0.1, 0.15) is 5.56 Å². The van der Waals surface area contributed by atoms with Crippen LogP contribution < -0.4 is 4.18 Å². The van der Waals surface area contributed by atoms with Crippen molar-refractivity contribution in [3.8, 4) is 5.75 Å². The molecule has 0 unspecified atom stereocenters. The molecule has 0 N–H and O–H groups in total. The Morgan fingerprint density at radius 3 is 2.50 bits per heavy atom. The first-order valence-electron chi connectivity index (χ1n) is 6.91. The normalized spacial score (nSPS) is 11.4. The Balaban J connectivity index is 2.00. The van der Waals surface area contributed by atoms with Crippen molar-refractivity contribution < 1.29 is 17.5 Å². The van der Waals surface area contributed by atoms with Gasteiger partial charge in [0, 0.05) is 23.7 Å². The minimum Gasteiger partial charge on any atom is -0.379 e. The van der Waals surface area contributed by atoms with Crippen molar-refractivity contribution >= 4 is 26.7 Å². The van der Waals surface area contributed by atoms with Gasteiger partial charge in [0.25, 0.3) is 5.69 Å². The standard InChI is InChI=1S/C16H12N2O5S/c1-11-9-12-3-2-4-15(16(12)17-10-11)24(21,22)23-14-7-5-13(6-8-14)18(19)20/h2-10H,1H3. The lowest BCUT2D eigenvalue weighted by Crippen LogP contribution is -2.10. The van der Waals surface area contributed by atoms with Crippen molar-refractivity contribution in [2.75, 3.05) is 0 Å². The first kappa shape index (κ1) is 15.9. The average molecular weight is 344 g/mol. The molecule has 0 radical (unpaired) electrons. The van der Waals surface area contributed by atoms with Gasteiger partial charge in [0.15, 0.2) is 0 Å². The molecule has 1 aromatic heterocycles. The number of aryl methyl sites for hydroxylation is 1. The fourth-order valence-corrected chi connectivity index (χ4v) is 3.35. The van der Waals surface area contributed by atoms with Crippen LogP contribution in [-0.4, -0.2) is 18.3 Å². The van der Waals surface area contributed by atoms with Crippen LogP contribution in [0.15, 0.2) is 59.6 Å². The van der Waals surface area contributed by atoms with Gasteiger partial charge in [0.2, 0.25) is 0 Å². The first-order chi connectivity index (χ1) is 11.4. The molecule has 0 spiro atoms. The number of rotatable bonds is 4. The highest BCUT2D eigenvalue weighted by Gasteiger charge is 2.21. The third-order valence-electron chi connectivity index (χ3n) is 3.33. The van der Waals surface area contributed by atoms with Crippen LogP contribution in [0.2, 0.25) is 0 Å². The number of nitrogens with zero attached hydrogens (tertiary/aromatic N) is 2. The number of aromatic nitrogens is 1. The molecule has 3 aromatic rings. The summed E-state index contributed by atoms with van der Waals surface area (Å²) in [6.45, 7) is 1.86. The maximum Gasteiger partial charge on any atom is 0.341 e. The Morgan fingerprint density at radius 2 is 1.83 bits per heavy atom. The highest BCUT2D eigenvalue weighted by Crippen LogP contribution is 2.26. The minimum atomic E-state index is -4.12. The summed E-state index contributed by atoms with van der Waals surface area (Å²) in [5, 5.41) is 11.3. The second-order valence-electron chi connectivity index (χ2n) is 5.13. The average Bonchev–Trinajstić information content (AvgIpc) is 2.54. The topological polar surface area (TPSA) is 99.4 Å². The molecule has 0 aliphatic heterocycles. The Kier molecular flexibility index (Phi) is 3.90. The summed E-state index contributed by atoms with van der Waals surface area (Å²) in [6.07, 6.45) is 1.58. The lowest BCUT2D eigenvalue weighted by Gasteiger charge is -2.09. The molecule has 8 heteroatoms. The summed E-state index contributed by atoms with van der Waals surface area (Å²) in [4.78, 5) is 14.2. The Hall–Kier alpha value is -3.00. The van der Waals surface area contributed by atoms with Gasteiger partial charge in [0.05, 0.1) is 10.4 Å². The van der Waals surface area contributed by atoms with Crippen molar-refractivity contribution in [1.29, 1.82) is 0 Å². The van der Waals surface area contributed by atoms with Crippen LogP contribution in [0, 0.1) is 17.0 Å². The number of pyridine rings is 1. The van der Waals surface area contributed by atoms with E-state index in [9.17, 15) is 18.5 Å². The third-order valence-corrected chi connectivity index (χ3v) is 4.61. The zero-order chi connectivity index (χ0) is 17.3. The van der Waals surface area contributed by atoms with Gasteiger partial charge >= 0.3 is 10.1 Å². The highest BCUT2D eigenvalue weighted by molar-refractivity contribution is 7.87. The monoisotopic (exact) mass is 344 g/mol. The van der Waals surface area contributed by atoms with Crippen LogP contribution >= 0.6 is 0 Å². The van der Waals surface area contributed by atoms with Crippen LogP contribution in [0.3, 0.4) is 0 Å². The summed E-state index contributed by atoms with van der Waals surface area (Å²) in [5.74, 6) is -0.00952. The van der Waals surface area contributed by atoms with E-state index in [-0.39, 0.29) is 16.3 Å². The van der Waals surface area contributed by atoms with Gasteiger partial charge in [-0.15, -0.1) is 0 Å². The first-order valence-corrected chi connectivity index (χ1v) is 8.32. The van der Waals surface area contributed by atoms with Crippen molar-refractivity contribution in [3.63, 3.8) is 0 Å². The Bertz CT molecular complexity index is 1030. The second-order valence-corrected chi connectivity index (χ2v) is 6.64. The number of fused-ring (bicyclic) bond motifs is 1. The molecular weight excluding hydrogens is 332 g/mol. The SMILES string of the molecule is Cc1cnc2c(S(=O)(=O)Oc3ccc([N+](=O)[O-])cc3)cccc2c1. The van der Waals surface area contributed by atoms with Crippen LogP contribution in [0.5, 0.6) is 5.75 Å². The quantitative estimate of drug-likeness (QED) is 0.409. The van der Waals surface area contributed by atoms with Crippen LogP contribution in [0.25, 0.3) is 10.9 Å². The van der Waals surface area contributed by atoms with Crippen molar-refractivity contribution in [2.24, 2.45) is 0 Å². The van der Waals surface area contributed by atoms with E-state index in [1.165, 1.54) is 30.3 Å². The summed E-state index contributed by atoms with van der Waals surface area (Å²) in [5.41, 5.74) is 1.07. The van der Waals surface area contributed by atoms with E-state index in [1.54, 1.807) is 18.3 Å². The Labute approximate surface area is 137 Å². The smallest absolute Gasteiger partial charge is 0.341 e. The lowest BCUT2D eigenvalue weighted by atomic mass is 10.2. The van der Waals surface area contributed by atoms with E-state index < -0.39 is 15.0 Å². The van der Waals surface area contributed by atoms with Gasteiger partial charge < -0.3 is 4.18 Å². The molecule has 7 nitrogen and oxygen atoms in total. The van der Waals surface area contributed by atoms with E-state index in [0.717, 1.165) is 5.56 Å². The summed E-state index contributed by atoms with van der Waals surface area (Å²) < 4.78 is 30.1. The molecule has 24 heavy (non-hydrogen) atoms. The molecule has 0 saturated carbocycles. The number of para-hydroxylation sites is 1. The molecule has 0 aliphatic carbocycles. The van der Waals surface area contributed by atoms with Crippen molar-refractivity contribution in [2.45, 2.75) is 11.8 Å². The molecular formula is C16H12N2O5S. The van der Waals surface area contributed by atoms with Gasteiger partial charge in [-0.05, 0) is 36.8 Å². The molecule has 0 aliphatic rings. The van der Waals surface area contributed by atoms with Crippen molar-refractivity contribution in [1.82, 2.24) is 4.98 Å². The van der Waals surface area contributed by atoms with Crippen LogP contribution in [0.4, 0.5) is 5.69 Å². The maximum absolute atomic E-state index is 12.5. The summed E-state index contributed by atoms with van der Waals surface area (Å²) in [7, 11) is -4.12. The molecule has 0 amide bonds. The molecule has 0 atom stereocenters. The molecule has 0 saturated heterocycles. The van der Waals surface area contributed by atoms with Gasteiger partial charge in [-0.3, -0.25) is 15.1 Å². The Morgan fingerprint density at radius 1 is 1.12 bits per heavy atom. The minimum absolute atomic E-state index is 0.00952. The lowest BCUT2D eigenvalue weighted by molar-refractivity contribution is -0.384. The van der Waals surface area contributed by atoms with Gasteiger partial charge in [-0.25, -0.2) is 0 Å². The second kappa shape index (κ2) is 5.89. The third kappa shape index (κ3) is 3.04. The fraction of sp³-hybridized carbons (Fsp3) is 0.0625. The predicted octanol–water partition coefficient (Wildman–Crippen LogP) is 3.22. The van der Waals surface area contributed by atoms with E-state index in [2.05, 4.69) is 4.98 Å². The van der Waals surface area contributed by atoms with E-state index in [1.807, 2.05) is 13.0 Å². The summed E-state index contributed by atoms with van der Waals surface area (Å²) >= 11 is 0. The van der Waals surface area contributed by atoms with E-state index >= 15 is 0 Å². The number of non-ortho nitro benzene ring substituents is 1. The predicted molar refractivity (Wildman–Crippen MR) is 87.4 cm³/mol. The van der Waals surface area contributed by atoms with Gasteiger partial charge in [-0.1, -0.05) is 12.1 Å². The summed E-state index contributed by atoms with van der Waals surface area (Å²) in [6, 6.07) is 11.4. The number of hydrogen-bond acceptors (Lipinski definition) is 6. The molecule has 122 valence electrons. The maximum atomic E-state index is 12.5. The zero-order valence-corrected chi connectivity index (χ0v) is 13.4. The van der Waals surface area contributed by atoms with Crippen LogP contribution in [-0.2, 0) is 10.1 Å². The molecule has 0 bridgehead atoms. The number of nitro benzene ring substituents is 1. The zero-order valence-electron chi connectivity index (χ0n) is 12.5. The molecule has 0 fully saturated rings. The van der Waals surface area contributed by atoms with Gasteiger partial charge in [-0.2, -0.15) is 8.42 Å². The fourth-order valence-electron chi connectivity index (χ4n) is 2.24. The van der Waals surface area contributed by atoms with E-state index in [0.29, 0.717) is 10.9 Å². The number of benzene rings is 2. The highest BCUT2D eigenvalue weighted by atomic mass is 32.2. The largest absolute Gasteiger partial charge is 0.379 e. The van der Waals surface area contributed by atoms with E-state index in [4.69, 9.17) is 4.18 Å².